The number of rotatable bonds is 4. The molecule has 20 heavy (non-hydrogen) atoms. The minimum Gasteiger partial charge on any atom is -0.507 e. The van der Waals surface area contributed by atoms with Crippen LogP contribution in [0.25, 0.3) is 0 Å². The van der Waals surface area contributed by atoms with Gasteiger partial charge in [-0.1, -0.05) is 12.8 Å². The van der Waals surface area contributed by atoms with E-state index in [1.54, 1.807) is 11.0 Å². The lowest BCUT2D eigenvalue weighted by Gasteiger charge is -2.26. The number of hydrogen-bond donors (Lipinski definition) is 1. The van der Waals surface area contributed by atoms with Gasteiger partial charge in [-0.05, 0) is 25.0 Å². The predicted octanol–water partition coefficient (Wildman–Crippen LogP) is 2.31. The van der Waals surface area contributed by atoms with E-state index in [4.69, 9.17) is 10.00 Å². The van der Waals surface area contributed by atoms with E-state index in [9.17, 15) is 9.90 Å². The Morgan fingerprint density at radius 3 is 2.75 bits per heavy atom. The zero-order chi connectivity index (χ0) is 14.5. The third-order valence-electron chi connectivity index (χ3n) is 3.70. The molecule has 1 N–H and O–H groups in total. The molecule has 1 fully saturated rings. The van der Waals surface area contributed by atoms with Crippen LogP contribution in [0.1, 0.15) is 36.0 Å². The smallest absolute Gasteiger partial charge is 0.258 e. The Hall–Kier alpha value is -2.22. The first-order chi connectivity index (χ1) is 9.67. The van der Waals surface area contributed by atoms with Crippen molar-refractivity contribution in [1.29, 1.82) is 5.26 Å². The summed E-state index contributed by atoms with van der Waals surface area (Å²) >= 11 is 0. The van der Waals surface area contributed by atoms with E-state index in [1.807, 2.05) is 6.07 Å². The second kappa shape index (κ2) is 6.29. The molecule has 0 aromatic heterocycles. The van der Waals surface area contributed by atoms with Crippen molar-refractivity contribution in [2.45, 2.75) is 31.7 Å². The monoisotopic (exact) mass is 274 g/mol. The summed E-state index contributed by atoms with van der Waals surface area (Å²) in [5.74, 6) is 0.0839. The molecule has 0 aliphatic heterocycles. The van der Waals surface area contributed by atoms with Gasteiger partial charge in [0, 0.05) is 12.1 Å². The Kier molecular flexibility index (Phi) is 4.46. The lowest BCUT2D eigenvalue weighted by molar-refractivity contribution is 0.0706. The van der Waals surface area contributed by atoms with E-state index in [-0.39, 0.29) is 29.8 Å². The maximum atomic E-state index is 12.5. The first-order valence-corrected chi connectivity index (χ1v) is 6.72. The summed E-state index contributed by atoms with van der Waals surface area (Å²) in [4.78, 5) is 14.1. The molecule has 1 saturated carbocycles. The molecule has 2 rings (SSSR count). The van der Waals surface area contributed by atoms with Gasteiger partial charge in [-0.15, -0.1) is 0 Å². The number of phenols is 1. The van der Waals surface area contributed by atoms with E-state index < -0.39 is 0 Å². The average Bonchev–Trinajstić information content (AvgIpc) is 2.97. The zero-order valence-electron chi connectivity index (χ0n) is 11.5. The highest BCUT2D eigenvalue weighted by Gasteiger charge is 2.28. The Balaban J connectivity index is 2.25. The highest BCUT2D eigenvalue weighted by Crippen LogP contribution is 2.28. The van der Waals surface area contributed by atoms with E-state index in [2.05, 4.69) is 0 Å². The summed E-state index contributed by atoms with van der Waals surface area (Å²) in [5.41, 5.74) is 0.216. The summed E-state index contributed by atoms with van der Waals surface area (Å²) in [6.07, 6.45) is 4.00. The van der Waals surface area contributed by atoms with Crippen molar-refractivity contribution in [3.63, 3.8) is 0 Å². The maximum Gasteiger partial charge on any atom is 0.258 e. The third-order valence-corrected chi connectivity index (χ3v) is 3.70. The lowest BCUT2D eigenvalue weighted by atomic mass is 10.1. The van der Waals surface area contributed by atoms with Gasteiger partial charge in [0.2, 0.25) is 0 Å². The second-order valence-corrected chi connectivity index (χ2v) is 4.91. The molecule has 1 aromatic carbocycles. The van der Waals surface area contributed by atoms with Crippen molar-refractivity contribution in [3.8, 4) is 17.6 Å². The SMILES string of the molecule is COc1ccc(C(=O)N(CC#N)C2CCCC2)c(O)c1. The molecule has 0 atom stereocenters. The van der Waals surface area contributed by atoms with Crippen LogP contribution in [0.3, 0.4) is 0 Å². The van der Waals surface area contributed by atoms with Crippen molar-refractivity contribution >= 4 is 5.91 Å². The fourth-order valence-corrected chi connectivity index (χ4v) is 2.63. The van der Waals surface area contributed by atoms with Gasteiger partial charge in [0.25, 0.3) is 5.91 Å². The Morgan fingerprint density at radius 1 is 1.50 bits per heavy atom. The summed E-state index contributed by atoms with van der Waals surface area (Å²) in [5, 5.41) is 18.9. The quantitative estimate of drug-likeness (QED) is 0.855. The Labute approximate surface area is 118 Å². The Bertz CT molecular complexity index is 530. The molecule has 5 nitrogen and oxygen atoms in total. The maximum absolute atomic E-state index is 12.5. The standard InChI is InChI=1S/C15H18N2O3/c1-20-12-6-7-13(14(18)10-12)15(19)17(9-8-16)11-4-2-3-5-11/h6-7,10-11,18H,2-5,9H2,1H3. The molecule has 0 spiro atoms. The summed E-state index contributed by atoms with van der Waals surface area (Å²) in [6.45, 7) is 0.0506. The average molecular weight is 274 g/mol. The van der Waals surface area contributed by atoms with Crippen LogP contribution in [0.2, 0.25) is 0 Å². The molecular weight excluding hydrogens is 256 g/mol. The van der Waals surface area contributed by atoms with Crippen LogP contribution in [0.5, 0.6) is 11.5 Å². The molecule has 1 amide bonds. The zero-order valence-corrected chi connectivity index (χ0v) is 11.5. The van der Waals surface area contributed by atoms with E-state index >= 15 is 0 Å². The number of phenolic OH excluding ortho intramolecular Hbond substituents is 1. The van der Waals surface area contributed by atoms with E-state index in [0.29, 0.717) is 5.75 Å². The molecule has 1 aromatic rings. The van der Waals surface area contributed by atoms with Crippen molar-refractivity contribution < 1.29 is 14.6 Å². The van der Waals surface area contributed by atoms with Gasteiger partial charge in [-0.3, -0.25) is 4.79 Å². The summed E-state index contributed by atoms with van der Waals surface area (Å²) in [7, 11) is 1.50. The van der Waals surface area contributed by atoms with Gasteiger partial charge in [0.1, 0.15) is 18.0 Å². The molecule has 1 aliphatic rings. The van der Waals surface area contributed by atoms with Gasteiger partial charge in [-0.2, -0.15) is 5.26 Å². The minimum atomic E-state index is -0.293. The Morgan fingerprint density at radius 2 is 2.20 bits per heavy atom. The lowest BCUT2D eigenvalue weighted by Crippen LogP contribution is -2.39. The molecule has 1 aliphatic carbocycles. The van der Waals surface area contributed by atoms with Gasteiger partial charge in [-0.25, -0.2) is 0 Å². The molecule has 0 radical (unpaired) electrons. The highest BCUT2D eigenvalue weighted by atomic mass is 16.5. The van der Waals surface area contributed by atoms with Crippen molar-refractivity contribution in [3.05, 3.63) is 23.8 Å². The number of nitriles is 1. The normalized spacial score (nSPS) is 14.8. The highest BCUT2D eigenvalue weighted by molar-refractivity contribution is 5.97. The number of carbonyl (C=O) groups excluding carboxylic acids is 1. The fourth-order valence-electron chi connectivity index (χ4n) is 2.63. The fraction of sp³-hybridized carbons (Fsp3) is 0.467. The van der Waals surface area contributed by atoms with E-state index in [1.165, 1.54) is 19.2 Å². The molecule has 0 heterocycles. The van der Waals surface area contributed by atoms with Crippen LogP contribution >= 0.6 is 0 Å². The van der Waals surface area contributed by atoms with Gasteiger partial charge in [0.15, 0.2) is 0 Å². The molecule has 0 saturated heterocycles. The number of nitrogens with zero attached hydrogens (tertiary/aromatic N) is 2. The van der Waals surface area contributed by atoms with E-state index in [0.717, 1.165) is 25.7 Å². The molecule has 5 heteroatoms. The van der Waals surface area contributed by atoms with Crippen molar-refractivity contribution in [2.24, 2.45) is 0 Å². The van der Waals surface area contributed by atoms with Crippen molar-refractivity contribution in [2.75, 3.05) is 13.7 Å². The van der Waals surface area contributed by atoms with Gasteiger partial charge in [0.05, 0.1) is 18.7 Å². The first kappa shape index (κ1) is 14.2. The summed E-state index contributed by atoms with van der Waals surface area (Å²) in [6, 6.07) is 6.71. The largest absolute Gasteiger partial charge is 0.507 e. The first-order valence-electron chi connectivity index (χ1n) is 6.72. The molecule has 106 valence electrons. The number of amides is 1. The number of ether oxygens (including phenoxy) is 1. The van der Waals surface area contributed by atoms with Crippen LogP contribution in [0.15, 0.2) is 18.2 Å². The predicted molar refractivity (Wildman–Crippen MR) is 73.6 cm³/mol. The number of benzene rings is 1. The number of aromatic hydroxyl groups is 1. The molecule has 0 bridgehead atoms. The number of hydrogen-bond acceptors (Lipinski definition) is 4. The van der Waals surface area contributed by atoms with Gasteiger partial charge < -0.3 is 14.7 Å². The number of methoxy groups -OCH3 is 1. The molecule has 0 unspecified atom stereocenters. The van der Waals surface area contributed by atoms with Crippen LogP contribution < -0.4 is 4.74 Å². The number of carbonyl (C=O) groups is 1. The van der Waals surface area contributed by atoms with Crippen molar-refractivity contribution in [1.82, 2.24) is 4.90 Å². The third kappa shape index (κ3) is 2.85. The topological polar surface area (TPSA) is 73.6 Å². The van der Waals surface area contributed by atoms with Crippen LogP contribution in [0, 0.1) is 11.3 Å². The van der Waals surface area contributed by atoms with Gasteiger partial charge >= 0.3 is 0 Å². The van der Waals surface area contributed by atoms with Crippen LogP contribution in [-0.4, -0.2) is 35.6 Å². The molecular formula is C15H18N2O3. The minimum absolute atomic E-state index is 0.0506. The second-order valence-electron chi connectivity index (χ2n) is 4.91. The van der Waals surface area contributed by atoms with Crippen LogP contribution in [0.4, 0.5) is 0 Å². The summed E-state index contributed by atoms with van der Waals surface area (Å²) < 4.78 is 5.00. The van der Waals surface area contributed by atoms with Crippen LogP contribution in [-0.2, 0) is 0 Å².